The van der Waals surface area contributed by atoms with Gasteiger partial charge in [-0.2, -0.15) is 0 Å². The van der Waals surface area contributed by atoms with Crippen LogP contribution in [0.15, 0.2) is 46.9 Å². The fraction of sp³-hybridized carbons (Fsp3) is 0.0667. The average molecular weight is 271 g/mol. The maximum Gasteiger partial charge on any atom is 0.338 e. The Morgan fingerprint density at radius 2 is 1.95 bits per heavy atom. The quantitative estimate of drug-likeness (QED) is 0.794. The van der Waals surface area contributed by atoms with Crippen LogP contribution in [0, 0.1) is 5.82 Å². The molecule has 0 bridgehead atoms. The maximum absolute atomic E-state index is 12.8. The Morgan fingerprint density at radius 1 is 1.20 bits per heavy atom. The number of nitrogens with zero attached hydrogens (tertiary/aromatic N) is 1. The molecule has 0 unspecified atom stereocenters. The summed E-state index contributed by atoms with van der Waals surface area (Å²) < 4.78 is 18.4. The van der Waals surface area contributed by atoms with E-state index >= 15 is 0 Å². The van der Waals surface area contributed by atoms with E-state index in [1.54, 1.807) is 24.3 Å². The van der Waals surface area contributed by atoms with Crippen molar-refractivity contribution in [3.63, 3.8) is 0 Å². The number of carbonyl (C=O) groups is 1. The highest BCUT2D eigenvalue weighted by molar-refractivity contribution is 6.00. The average Bonchev–Trinajstić information content (AvgIpc) is 2.83. The SMILES string of the molecule is O=C(O)c1cccc2oc(Cc3ccc(F)cc3)nc12. The molecule has 3 aromatic rings. The Kier molecular flexibility index (Phi) is 2.95. The first-order chi connectivity index (χ1) is 9.63. The van der Waals surface area contributed by atoms with Gasteiger partial charge >= 0.3 is 5.97 Å². The van der Waals surface area contributed by atoms with Crippen LogP contribution in [0.1, 0.15) is 21.8 Å². The van der Waals surface area contributed by atoms with Crippen LogP contribution in [0.5, 0.6) is 0 Å². The van der Waals surface area contributed by atoms with Crippen LogP contribution >= 0.6 is 0 Å². The first kappa shape index (κ1) is 12.3. The fourth-order valence-corrected chi connectivity index (χ4v) is 2.02. The second kappa shape index (κ2) is 4.77. The van der Waals surface area contributed by atoms with Crippen LogP contribution in [0.2, 0.25) is 0 Å². The molecule has 4 nitrogen and oxygen atoms in total. The van der Waals surface area contributed by atoms with Crippen molar-refractivity contribution in [3.8, 4) is 0 Å². The van der Waals surface area contributed by atoms with Crippen LogP contribution in [-0.2, 0) is 6.42 Å². The number of aromatic nitrogens is 1. The number of carboxylic acids is 1. The molecule has 1 aromatic heterocycles. The smallest absolute Gasteiger partial charge is 0.338 e. The molecule has 0 aliphatic heterocycles. The zero-order chi connectivity index (χ0) is 14.1. The van der Waals surface area contributed by atoms with Gasteiger partial charge in [0.2, 0.25) is 0 Å². The first-order valence-electron chi connectivity index (χ1n) is 5.99. The molecule has 0 aliphatic carbocycles. The van der Waals surface area contributed by atoms with E-state index in [1.165, 1.54) is 18.2 Å². The Hall–Kier alpha value is -2.69. The van der Waals surface area contributed by atoms with Crippen LogP contribution in [-0.4, -0.2) is 16.1 Å². The summed E-state index contributed by atoms with van der Waals surface area (Å²) in [4.78, 5) is 15.3. The summed E-state index contributed by atoms with van der Waals surface area (Å²) in [5.74, 6) is -0.947. The number of oxazole rings is 1. The minimum Gasteiger partial charge on any atom is -0.478 e. The van der Waals surface area contributed by atoms with Gasteiger partial charge in [0.15, 0.2) is 11.5 Å². The standard InChI is InChI=1S/C15H10FNO3/c16-10-6-4-9(5-7-10)8-13-17-14-11(15(18)19)2-1-3-12(14)20-13/h1-7H,8H2,(H,18,19). The lowest BCUT2D eigenvalue weighted by molar-refractivity contribution is 0.0699. The van der Waals surface area contributed by atoms with E-state index in [1.807, 2.05) is 0 Å². The molecular weight excluding hydrogens is 261 g/mol. The number of para-hydroxylation sites is 1. The third-order valence-electron chi connectivity index (χ3n) is 2.96. The molecule has 20 heavy (non-hydrogen) atoms. The van der Waals surface area contributed by atoms with Crippen molar-refractivity contribution in [3.05, 3.63) is 65.3 Å². The lowest BCUT2D eigenvalue weighted by atomic mass is 10.1. The van der Waals surface area contributed by atoms with Gasteiger partial charge in [0.05, 0.1) is 5.56 Å². The molecule has 0 aliphatic rings. The molecule has 5 heteroatoms. The van der Waals surface area contributed by atoms with Gasteiger partial charge in [-0.1, -0.05) is 18.2 Å². The number of hydrogen-bond donors (Lipinski definition) is 1. The van der Waals surface area contributed by atoms with E-state index in [-0.39, 0.29) is 11.4 Å². The van der Waals surface area contributed by atoms with Crippen molar-refractivity contribution >= 4 is 17.1 Å². The van der Waals surface area contributed by atoms with Crippen molar-refractivity contribution in [1.82, 2.24) is 4.98 Å². The van der Waals surface area contributed by atoms with Gasteiger partial charge < -0.3 is 9.52 Å². The lowest BCUT2D eigenvalue weighted by Gasteiger charge is -1.96. The molecule has 1 N–H and O–H groups in total. The predicted octanol–water partition coefficient (Wildman–Crippen LogP) is 3.26. The van der Waals surface area contributed by atoms with Gasteiger partial charge in [-0.15, -0.1) is 0 Å². The van der Waals surface area contributed by atoms with E-state index in [9.17, 15) is 9.18 Å². The second-order valence-corrected chi connectivity index (χ2v) is 4.37. The summed E-state index contributed by atoms with van der Waals surface area (Å²) in [6, 6.07) is 10.8. The minimum atomic E-state index is -1.04. The van der Waals surface area contributed by atoms with E-state index in [0.29, 0.717) is 23.4 Å². The fourth-order valence-electron chi connectivity index (χ4n) is 2.02. The largest absolute Gasteiger partial charge is 0.478 e. The summed E-state index contributed by atoms with van der Waals surface area (Å²) in [5.41, 5.74) is 1.71. The van der Waals surface area contributed by atoms with Gasteiger partial charge in [-0.3, -0.25) is 0 Å². The number of aromatic carboxylic acids is 1. The van der Waals surface area contributed by atoms with Gasteiger partial charge in [0.25, 0.3) is 0 Å². The van der Waals surface area contributed by atoms with Gasteiger partial charge in [-0.05, 0) is 29.8 Å². The van der Waals surface area contributed by atoms with Crippen molar-refractivity contribution in [1.29, 1.82) is 0 Å². The first-order valence-corrected chi connectivity index (χ1v) is 5.99. The molecule has 100 valence electrons. The summed E-state index contributed by atoms with van der Waals surface area (Å²) in [5, 5.41) is 9.09. The van der Waals surface area contributed by atoms with Crippen LogP contribution in [0.3, 0.4) is 0 Å². The lowest BCUT2D eigenvalue weighted by Crippen LogP contribution is -1.97. The number of rotatable bonds is 3. The van der Waals surface area contributed by atoms with Crippen molar-refractivity contribution < 1.29 is 18.7 Å². The number of carboxylic acid groups (broad SMARTS) is 1. The van der Waals surface area contributed by atoms with E-state index in [0.717, 1.165) is 5.56 Å². The molecule has 1 heterocycles. The number of fused-ring (bicyclic) bond motifs is 1. The van der Waals surface area contributed by atoms with Gasteiger partial charge in [0.1, 0.15) is 11.3 Å². The molecule has 0 fully saturated rings. The highest BCUT2D eigenvalue weighted by Crippen LogP contribution is 2.21. The molecule has 0 saturated heterocycles. The van der Waals surface area contributed by atoms with Crippen molar-refractivity contribution in [2.75, 3.05) is 0 Å². The Bertz CT molecular complexity index is 777. The van der Waals surface area contributed by atoms with E-state index in [2.05, 4.69) is 4.98 Å². The highest BCUT2D eigenvalue weighted by Gasteiger charge is 2.14. The molecule has 0 saturated carbocycles. The van der Waals surface area contributed by atoms with E-state index in [4.69, 9.17) is 9.52 Å². The molecule has 0 atom stereocenters. The highest BCUT2D eigenvalue weighted by atomic mass is 19.1. The number of halogens is 1. The molecular formula is C15H10FNO3. The van der Waals surface area contributed by atoms with Crippen molar-refractivity contribution in [2.45, 2.75) is 6.42 Å². The third-order valence-corrected chi connectivity index (χ3v) is 2.96. The molecule has 2 aromatic carbocycles. The second-order valence-electron chi connectivity index (χ2n) is 4.37. The Labute approximate surface area is 113 Å². The van der Waals surface area contributed by atoms with E-state index < -0.39 is 5.97 Å². The summed E-state index contributed by atoms with van der Waals surface area (Å²) in [6.45, 7) is 0. The third kappa shape index (κ3) is 2.25. The summed E-state index contributed by atoms with van der Waals surface area (Å²) in [7, 11) is 0. The van der Waals surface area contributed by atoms with Gasteiger partial charge in [-0.25, -0.2) is 14.2 Å². The number of hydrogen-bond acceptors (Lipinski definition) is 3. The Balaban J connectivity index is 1.99. The van der Waals surface area contributed by atoms with Crippen LogP contribution < -0.4 is 0 Å². The normalized spacial score (nSPS) is 10.8. The summed E-state index contributed by atoms with van der Waals surface area (Å²) >= 11 is 0. The molecule has 0 radical (unpaired) electrons. The predicted molar refractivity (Wildman–Crippen MR) is 70.2 cm³/mol. The van der Waals surface area contributed by atoms with Crippen LogP contribution in [0.25, 0.3) is 11.1 Å². The topological polar surface area (TPSA) is 63.3 Å². The molecule has 3 rings (SSSR count). The van der Waals surface area contributed by atoms with Gasteiger partial charge in [0, 0.05) is 6.42 Å². The monoisotopic (exact) mass is 271 g/mol. The molecule has 0 amide bonds. The van der Waals surface area contributed by atoms with Crippen molar-refractivity contribution in [2.24, 2.45) is 0 Å². The maximum atomic E-state index is 12.8. The minimum absolute atomic E-state index is 0.108. The Morgan fingerprint density at radius 3 is 2.65 bits per heavy atom. The molecule has 0 spiro atoms. The van der Waals surface area contributed by atoms with Crippen LogP contribution in [0.4, 0.5) is 4.39 Å². The zero-order valence-corrected chi connectivity index (χ0v) is 10.3. The number of benzene rings is 2. The summed E-state index contributed by atoms with van der Waals surface area (Å²) in [6.07, 6.45) is 0.383. The zero-order valence-electron chi connectivity index (χ0n) is 10.3.